The molecule has 0 radical (unpaired) electrons. The van der Waals surface area contributed by atoms with E-state index in [1.54, 1.807) is 7.11 Å². The van der Waals surface area contributed by atoms with Gasteiger partial charge in [-0.1, -0.05) is 52.3 Å². The van der Waals surface area contributed by atoms with Crippen molar-refractivity contribution in [1.82, 2.24) is 0 Å². The van der Waals surface area contributed by atoms with E-state index in [-0.39, 0.29) is 5.91 Å². The normalized spacial score (nSPS) is 14.2. The Morgan fingerprint density at radius 3 is 2.54 bits per heavy atom. The van der Waals surface area contributed by atoms with Crippen LogP contribution >= 0.6 is 15.9 Å². The summed E-state index contributed by atoms with van der Waals surface area (Å²) in [4.78, 5) is 12.4. The largest absolute Gasteiger partial charge is 0.496 e. The van der Waals surface area contributed by atoms with Crippen LogP contribution in [0, 0.1) is 0 Å². The molecule has 0 saturated carbocycles. The summed E-state index contributed by atoms with van der Waals surface area (Å²) in [7, 11) is 1.66. The molecule has 3 nitrogen and oxygen atoms in total. The predicted molar refractivity (Wildman–Crippen MR) is 109 cm³/mol. The van der Waals surface area contributed by atoms with E-state index in [1.165, 1.54) is 0 Å². The molecule has 4 heteroatoms. The van der Waals surface area contributed by atoms with Crippen molar-refractivity contribution in [2.24, 2.45) is 0 Å². The van der Waals surface area contributed by atoms with E-state index < -0.39 is 0 Å². The molecule has 3 aromatic carbocycles. The summed E-state index contributed by atoms with van der Waals surface area (Å²) in [5.41, 5.74) is 5.41. The monoisotopic (exact) mass is 405 g/mol. The lowest BCUT2D eigenvalue weighted by Gasteiger charge is -2.10. The van der Waals surface area contributed by atoms with Crippen molar-refractivity contribution in [2.45, 2.75) is 0 Å². The number of hydrogen-bond donors (Lipinski definition) is 1. The van der Waals surface area contributed by atoms with Crippen LogP contribution in [0.15, 0.2) is 71.2 Å². The Bertz CT molecular complexity index is 1030. The lowest BCUT2D eigenvalue weighted by Crippen LogP contribution is -2.03. The third-order valence-corrected chi connectivity index (χ3v) is 4.88. The molecule has 1 amide bonds. The summed E-state index contributed by atoms with van der Waals surface area (Å²) in [5, 5.41) is 2.91. The first kappa shape index (κ1) is 16.6. The van der Waals surface area contributed by atoms with Crippen LogP contribution in [0.25, 0.3) is 22.8 Å². The summed E-state index contributed by atoms with van der Waals surface area (Å²) >= 11 is 3.48. The van der Waals surface area contributed by atoms with Crippen molar-refractivity contribution < 1.29 is 9.53 Å². The second-order valence-electron chi connectivity index (χ2n) is 6.03. The summed E-state index contributed by atoms with van der Waals surface area (Å²) in [6.45, 7) is 0. The van der Waals surface area contributed by atoms with E-state index in [0.717, 1.165) is 38.2 Å². The molecule has 0 saturated heterocycles. The van der Waals surface area contributed by atoms with E-state index >= 15 is 0 Å². The number of nitrogens with one attached hydrogen (secondary N) is 1. The lowest BCUT2D eigenvalue weighted by molar-refractivity contribution is -0.110. The molecule has 26 heavy (non-hydrogen) atoms. The van der Waals surface area contributed by atoms with E-state index in [1.807, 2.05) is 72.8 Å². The molecule has 3 aromatic rings. The minimum Gasteiger partial charge on any atom is -0.496 e. The number of fused-ring (bicyclic) bond motifs is 1. The van der Waals surface area contributed by atoms with Crippen LogP contribution in [0.4, 0.5) is 5.69 Å². The second-order valence-corrected chi connectivity index (χ2v) is 6.94. The number of ether oxygens (including phenoxy) is 1. The molecule has 1 heterocycles. The van der Waals surface area contributed by atoms with Gasteiger partial charge in [0.1, 0.15) is 5.75 Å². The van der Waals surface area contributed by atoms with Crippen LogP contribution in [-0.2, 0) is 4.79 Å². The third-order valence-electron chi connectivity index (χ3n) is 4.38. The molecular weight excluding hydrogens is 390 g/mol. The first-order chi connectivity index (χ1) is 12.7. The highest BCUT2D eigenvalue weighted by atomic mass is 79.9. The highest BCUT2D eigenvalue weighted by Crippen LogP contribution is 2.36. The van der Waals surface area contributed by atoms with Crippen LogP contribution in [0.1, 0.15) is 11.1 Å². The zero-order valence-corrected chi connectivity index (χ0v) is 15.7. The number of anilines is 1. The van der Waals surface area contributed by atoms with Crippen LogP contribution in [0.3, 0.4) is 0 Å². The number of methoxy groups -OCH3 is 1. The zero-order chi connectivity index (χ0) is 18.1. The Kier molecular flexibility index (Phi) is 4.35. The molecule has 4 rings (SSSR count). The van der Waals surface area contributed by atoms with Crippen LogP contribution in [0.5, 0.6) is 5.75 Å². The number of hydrogen-bond acceptors (Lipinski definition) is 2. The molecule has 0 spiro atoms. The van der Waals surface area contributed by atoms with Gasteiger partial charge < -0.3 is 10.1 Å². The molecule has 1 aliphatic rings. The highest BCUT2D eigenvalue weighted by Gasteiger charge is 2.24. The fourth-order valence-corrected chi connectivity index (χ4v) is 3.49. The molecule has 0 unspecified atom stereocenters. The van der Waals surface area contributed by atoms with Gasteiger partial charge in [0.25, 0.3) is 5.91 Å². The van der Waals surface area contributed by atoms with Gasteiger partial charge in [0.05, 0.1) is 7.11 Å². The highest BCUT2D eigenvalue weighted by molar-refractivity contribution is 9.10. The average Bonchev–Trinajstić information content (AvgIpc) is 2.97. The van der Waals surface area contributed by atoms with Crippen LogP contribution < -0.4 is 10.1 Å². The molecular formula is C22H16BrNO2. The minimum atomic E-state index is -0.0878. The number of halogens is 1. The van der Waals surface area contributed by atoms with Gasteiger partial charge in [-0.05, 0) is 47.5 Å². The topological polar surface area (TPSA) is 38.3 Å². The number of carbonyl (C=O) groups is 1. The van der Waals surface area contributed by atoms with Crippen LogP contribution in [-0.4, -0.2) is 13.0 Å². The van der Waals surface area contributed by atoms with Crippen molar-refractivity contribution in [3.8, 4) is 16.9 Å². The summed E-state index contributed by atoms with van der Waals surface area (Å²) < 4.78 is 6.45. The molecule has 0 aliphatic carbocycles. The van der Waals surface area contributed by atoms with Gasteiger partial charge in [-0.3, -0.25) is 4.79 Å². The van der Waals surface area contributed by atoms with Crippen molar-refractivity contribution in [3.63, 3.8) is 0 Å². The molecule has 0 atom stereocenters. The fourth-order valence-electron chi connectivity index (χ4n) is 3.13. The van der Waals surface area contributed by atoms with Gasteiger partial charge in [-0.25, -0.2) is 0 Å². The molecule has 1 N–H and O–H groups in total. The minimum absolute atomic E-state index is 0.0878. The molecule has 0 bridgehead atoms. The number of benzene rings is 3. The molecule has 0 fully saturated rings. The van der Waals surface area contributed by atoms with Gasteiger partial charge in [0.15, 0.2) is 0 Å². The maximum absolute atomic E-state index is 12.4. The number of amides is 1. The average molecular weight is 406 g/mol. The smallest absolute Gasteiger partial charge is 0.256 e. The maximum atomic E-state index is 12.4. The summed E-state index contributed by atoms with van der Waals surface area (Å²) in [6.07, 6.45) is 1.92. The third kappa shape index (κ3) is 3.04. The van der Waals surface area contributed by atoms with Crippen molar-refractivity contribution in [1.29, 1.82) is 0 Å². The first-order valence-electron chi connectivity index (χ1n) is 8.22. The summed E-state index contributed by atoms with van der Waals surface area (Å²) in [6, 6.07) is 21.8. The SMILES string of the molecule is COc1ccc(C=C2C(=O)Nc3ccc(Br)cc32)cc1-c1ccccc1. The van der Waals surface area contributed by atoms with Crippen LogP contribution in [0.2, 0.25) is 0 Å². The fraction of sp³-hybridized carbons (Fsp3) is 0.0455. The van der Waals surface area contributed by atoms with E-state index in [2.05, 4.69) is 21.2 Å². The second kappa shape index (κ2) is 6.81. The predicted octanol–water partition coefficient (Wildman–Crippen LogP) is 5.62. The standard InChI is InChI=1S/C22H16BrNO2/c1-26-21-10-7-14(11-17(21)15-5-3-2-4-6-15)12-19-18-13-16(23)8-9-20(18)24-22(19)25/h2-13H,1H3,(H,24,25). The van der Waals surface area contributed by atoms with Gasteiger partial charge in [0.2, 0.25) is 0 Å². The first-order valence-corrected chi connectivity index (χ1v) is 9.01. The summed E-state index contributed by atoms with van der Waals surface area (Å²) in [5.74, 6) is 0.715. The van der Waals surface area contributed by atoms with E-state index in [9.17, 15) is 4.79 Å². The Balaban J connectivity index is 1.82. The zero-order valence-electron chi connectivity index (χ0n) is 14.1. The number of carbonyl (C=O) groups excluding carboxylic acids is 1. The van der Waals surface area contributed by atoms with Crippen molar-refractivity contribution in [3.05, 3.63) is 82.3 Å². The Labute approximate surface area is 160 Å². The number of rotatable bonds is 3. The Morgan fingerprint density at radius 1 is 0.962 bits per heavy atom. The molecule has 128 valence electrons. The van der Waals surface area contributed by atoms with Crippen molar-refractivity contribution >= 4 is 39.2 Å². The molecule has 1 aliphatic heterocycles. The molecule has 0 aromatic heterocycles. The van der Waals surface area contributed by atoms with E-state index in [4.69, 9.17) is 4.74 Å². The van der Waals surface area contributed by atoms with Gasteiger partial charge in [-0.15, -0.1) is 0 Å². The lowest BCUT2D eigenvalue weighted by atomic mass is 9.99. The van der Waals surface area contributed by atoms with Gasteiger partial charge in [0, 0.05) is 26.9 Å². The Hall–Kier alpha value is -2.85. The van der Waals surface area contributed by atoms with Gasteiger partial charge >= 0.3 is 0 Å². The van der Waals surface area contributed by atoms with Crippen molar-refractivity contribution in [2.75, 3.05) is 12.4 Å². The quantitative estimate of drug-likeness (QED) is 0.574. The Morgan fingerprint density at radius 2 is 1.77 bits per heavy atom. The van der Waals surface area contributed by atoms with Gasteiger partial charge in [-0.2, -0.15) is 0 Å². The van der Waals surface area contributed by atoms with E-state index in [0.29, 0.717) is 5.57 Å². The maximum Gasteiger partial charge on any atom is 0.256 e.